The Kier molecular flexibility index (Phi) is 11.4. The summed E-state index contributed by atoms with van der Waals surface area (Å²) in [5.74, 6) is -0.375. The maximum atomic E-state index is 13.6. The molecule has 1 saturated heterocycles. The highest BCUT2D eigenvalue weighted by atomic mass is 35.5. The zero-order valence-electron chi connectivity index (χ0n) is 22.9. The Hall–Kier alpha value is -2.29. The number of piperidine rings is 1. The maximum Gasteiger partial charge on any atom is 0.224 e. The van der Waals surface area contributed by atoms with Crippen molar-refractivity contribution in [1.29, 1.82) is 0 Å². The van der Waals surface area contributed by atoms with Gasteiger partial charge in [-0.2, -0.15) is 0 Å². The molecule has 2 N–H and O–H groups in total. The van der Waals surface area contributed by atoms with Crippen LogP contribution < -0.4 is 10.6 Å². The molecule has 39 heavy (non-hydrogen) atoms. The second kappa shape index (κ2) is 14.9. The first-order valence-corrected chi connectivity index (χ1v) is 15.6. The molecule has 1 aromatic heterocycles. The number of fused-ring (bicyclic) bond motifs is 1. The molecular weight excluding hydrogens is 532 g/mol. The summed E-state index contributed by atoms with van der Waals surface area (Å²) in [5.41, 5.74) is 0.842. The monoisotopic (exact) mass is 572 g/mol. The molecule has 1 aliphatic heterocycles. The third kappa shape index (κ3) is 9.12. The van der Waals surface area contributed by atoms with E-state index in [0.29, 0.717) is 30.2 Å². The molecule has 9 heteroatoms. The molecule has 2 aromatic rings. The van der Waals surface area contributed by atoms with Crippen molar-refractivity contribution in [3.05, 3.63) is 40.4 Å². The molecular formula is C30H41ClN4O3S. The third-order valence-electron chi connectivity index (χ3n) is 8.01. The predicted octanol–water partition coefficient (Wildman–Crippen LogP) is 5.31. The minimum Gasteiger partial charge on any atom is -0.359 e. The average molecular weight is 573 g/mol. The number of ketones is 1. The van der Waals surface area contributed by atoms with Crippen LogP contribution in [0.25, 0.3) is 10.2 Å². The standard InChI is InChI=1S/C30H41ClN4O3S/c1-32-28(37)18-22(19-29-33-26-13-11-23(31)20-27(26)39-29)30(38)34-25(21-8-3-4-9-21)14-12-24(36)10-7-17-35-15-5-2-6-16-35/h7,10-11,13,20-22,25H,2-6,8-9,12,14-19H2,1H3,(H,32,37)(H,34,38)/b10-7+/t22-,25+/m0/s1. The number of halogens is 1. The lowest BCUT2D eigenvalue weighted by Crippen LogP contribution is -2.44. The zero-order valence-corrected chi connectivity index (χ0v) is 24.5. The fraction of sp³-hybridized carbons (Fsp3) is 0.600. The minimum atomic E-state index is -0.537. The highest BCUT2D eigenvalue weighted by Crippen LogP contribution is 2.31. The number of thiazole rings is 1. The maximum absolute atomic E-state index is 13.6. The van der Waals surface area contributed by atoms with Crippen molar-refractivity contribution in [2.75, 3.05) is 26.7 Å². The molecule has 0 unspecified atom stereocenters. The van der Waals surface area contributed by atoms with E-state index in [2.05, 4.69) is 20.5 Å². The number of aromatic nitrogens is 1. The van der Waals surface area contributed by atoms with Gasteiger partial charge in [0, 0.05) is 43.9 Å². The van der Waals surface area contributed by atoms with E-state index in [1.54, 1.807) is 19.2 Å². The summed E-state index contributed by atoms with van der Waals surface area (Å²) in [6.07, 6.45) is 13.4. The lowest BCUT2D eigenvalue weighted by Gasteiger charge is -2.27. The number of allylic oxidation sites excluding steroid dienone is 1. The number of carbonyl (C=O) groups is 3. The number of carbonyl (C=O) groups excluding carboxylic acids is 3. The molecule has 1 saturated carbocycles. The molecule has 0 spiro atoms. The van der Waals surface area contributed by atoms with E-state index in [-0.39, 0.29) is 30.1 Å². The first-order valence-electron chi connectivity index (χ1n) is 14.4. The van der Waals surface area contributed by atoms with Gasteiger partial charge in [0.05, 0.1) is 21.1 Å². The number of nitrogens with zero attached hydrogens (tertiary/aromatic N) is 2. The molecule has 7 nitrogen and oxygen atoms in total. The van der Waals surface area contributed by atoms with E-state index in [1.165, 1.54) is 30.6 Å². The second-order valence-corrected chi connectivity index (χ2v) is 12.5. The Morgan fingerprint density at radius 2 is 1.92 bits per heavy atom. The fourth-order valence-corrected chi connectivity index (χ4v) is 7.09. The Morgan fingerprint density at radius 3 is 2.67 bits per heavy atom. The number of rotatable bonds is 13. The van der Waals surface area contributed by atoms with Gasteiger partial charge in [0.1, 0.15) is 0 Å². The molecule has 2 fully saturated rings. The van der Waals surface area contributed by atoms with Crippen molar-refractivity contribution in [3.8, 4) is 0 Å². The van der Waals surface area contributed by atoms with Crippen LogP contribution in [0.2, 0.25) is 5.02 Å². The molecule has 1 aromatic carbocycles. The highest BCUT2D eigenvalue weighted by Gasteiger charge is 2.30. The van der Waals surface area contributed by atoms with E-state index in [0.717, 1.165) is 60.5 Å². The van der Waals surface area contributed by atoms with Crippen LogP contribution in [0.3, 0.4) is 0 Å². The Bertz CT molecular complexity index is 1150. The fourth-order valence-electron chi connectivity index (χ4n) is 5.77. The van der Waals surface area contributed by atoms with Gasteiger partial charge in [0.2, 0.25) is 11.8 Å². The smallest absolute Gasteiger partial charge is 0.224 e. The Labute approximate surface area is 240 Å². The number of hydrogen-bond donors (Lipinski definition) is 2. The van der Waals surface area contributed by atoms with E-state index in [1.807, 2.05) is 18.2 Å². The van der Waals surface area contributed by atoms with Gasteiger partial charge in [-0.1, -0.05) is 36.9 Å². The van der Waals surface area contributed by atoms with Crippen LogP contribution >= 0.6 is 22.9 Å². The Morgan fingerprint density at radius 1 is 1.15 bits per heavy atom. The van der Waals surface area contributed by atoms with Gasteiger partial charge in [-0.05, 0) is 75.4 Å². The van der Waals surface area contributed by atoms with E-state index < -0.39 is 5.92 Å². The van der Waals surface area contributed by atoms with Gasteiger partial charge in [-0.25, -0.2) is 4.98 Å². The van der Waals surface area contributed by atoms with Crippen molar-refractivity contribution in [2.24, 2.45) is 11.8 Å². The summed E-state index contributed by atoms with van der Waals surface area (Å²) < 4.78 is 0.965. The van der Waals surface area contributed by atoms with Gasteiger partial charge in [0.15, 0.2) is 5.78 Å². The van der Waals surface area contributed by atoms with E-state index >= 15 is 0 Å². The summed E-state index contributed by atoms with van der Waals surface area (Å²) in [6, 6.07) is 5.48. The number of amides is 2. The quantitative estimate of drug-likeness (QED) is 0.317. The number of likely N-dealkylation sites (tertiary alicyclic amines) is 1. The summed E-state index contributed by atoms with van der Waals surface area (Å²) in [6.45, 7) is 3.04. The molecule has 4 rings (SSSR count). The first kappa shape index (κ1) is 29.7. The highest BCUT2D eigenvalue weighted by molar-refractivity contribution is 7.18. The van der Waals surface area contributed by atoms with Gasteiger partial charge < -0.3 is 10.6 Å². The molecule has 212 valence electrons. The second-order valence-electron chi connectivity index (χ2n) is 10.9. The molecule has 2 aliphatic rings. The van der Waals surface area contributed by atoms with E-state index in [4.69, 9.17) is 11.6 Å². The van der Waals surface area contributed by atoms with Gasteiger partial charge in [-0.15, -0.1) is 11.3 Å². The molecule has 1 aliphatic carbocycles. The molecule has 2 atom stereocenters. The molecule has 2 heterocycles. The van der Waals surface area contributed by atoms with Crippen LogP contribution in [0.4, 0.5) is 0 Å². The average Bonchev–Trinajstić information content (AvgIpc) is 3.61. The SMILES string of the molecule is CNC(=O)C[C@@H](Cc1nc2ccc(Cl)cc2s1)C(=O)N[C@H](CCC(=O)/C=C/CN1CCCCC1)C1CCCC1. The van der Waals surface area contributed by atoms with Crippen molar-refractivity contribution < 1.29 is 14.4 Å². The Balaban J connectivity index is 1.38. The van der Waals surface area contributed by atoms with Crippen LogP contribution in [0.15, 0.2) is 30.4 Å². The van der Waals surface area contributed by atoms with Crippen LogP contribution in [0.5, 0.6) is 0 Å². The van der Waals surface area contributed by atoms with Crippen LogP contribution in [0.1, 0.15) is 69.2 Å². The van der Waals surface area contributed by atoms with Crippen LogP contribution in [-0.4, -0.2) is 60.2 Å². The number of benzene rings is 1. The van der Waals surface area contributed by atoms with Crippen LogP contribution in [-0.2, 0) is 20.8 Å². The van der Waals surface area contributed by atoms with Crippen molar-refractivity contribution in [2.45, 2.75) is 76.7 Å². The predicted molar refractivity (Wildman–Crippen MR) is 158 cm³/mol. The number of nitrogens with one attached hydrogen (secondary N) is 2. The first-order chi connectivity index (χ1) is 18.9. The third-order valence-corrected chi connectivity index (χ3v) is 9.29. The molecule has 2 amide bonds. The largest absolute Gasteiger partial charge is 0.359 e. The van der Waals surface area contributed by atoms with Gasteiger partial charge in [-0.3, -0.25) is 19.3 Å². The zero-order chi connectivity index (χ0) is 27.6. The van der Waals surface area contributed by atoms with Crippen LogP contribution in [0, 0.1) is 11.8 Å². The normalized spacial score (nSPS) is 18.4. The van der Waals surface area contributed by atoms with Crippen molar-refractivity contribution >= 4 is 50.8 Å². The van der Waals surface area contributed by atoms with Crippen molar-refractivity contribution in [3.63, 3.8) is 0 Å². The summed E-state index contributed by atoms with van der Waals surface area (Å²) in [5, 5.41) is 7.37. The minimum absolute atomic E-state index is 0.0687. The summed E-state index contributed by atoms with van der Waals surface area (Å²) in [7, 11) is 1.59. The van der Waals surface area contributed by atoms with Gasteiger partial charge >= 0.3 is 0 Å². The lowest BCUT2D eigenvalue weighted by molar-refractivity contribution is -0.131. The van der Waals surface area contributed by atoms with Gasteiger partial charge in [0.25, 0.3) is 0 Å². The summed E-state index contributed by atoms with van der Waals surface area (Å²) in [4.78, 5) is 45.7. The molecule has 0 bridgehead atoms. The number of hydrogen-bond acceptors (Lipinski definition) is 6. The molecule has 0 radical (unpaired) electrons. The van der Waals surface area contributed by atoms with E-state index in [9.17, 15) is 14.4 Å². The summed E-state index contributed by atoms with van der Waals surface area (Å²) >= 11 is 7.64. The lowest BCUT2D eigenvalue weighted by atomic mass is 9.91. The van der Waals surface area contributed by atoms with Crippen molar-refractivity contribution in [1.82, 2.24) is 20.5 Å². The topological polar surface area (TPSA) is 91.4 Å².